The van der Waals surface area contributed by atoms with Crippen molar-refractivity contribution in [1.29, 1.82) is 0 Å². The third kappa shape index (κ3) is 6.60. The van der Waals surface area contributed by atoms with Crippen LogP contribution in [0.4, 0.5) is 0 Å². The molecule has 0 fully saturated rings. The Kier molecular flexibility index (Phi) is 5.73. The zero-order chi connectivity index (χ0) is 10.3. The molecule has 4 nitrogen and oxygen atoms in total. The van der Waals surface area contributed by atoms with Crippen molar-refractivity contribution in [3.05, 3.63) is 12.3 Å². The second kappa shape index (κ2) is 5.99. The second-order valence-electron chi connectivity index (χ2n) is 2.80. The maximum atomic E-state index is 10.8. The number of ether oxygens (including phenoxy) is 1. The molecule has 78 valence electrons. The average Bonchev–Trinajstić information content (AvgIpc) is 2.02. The number of allylic oxidation sites excluding steroid dienone is 1. The summed E-state index contributed by atoms with van der Waals surface area (Å²) >= 11 is 0. The van der Waals surface area contributed by atoms with Gasteiger partial charge < -0.3 is 4.74 Å². The van der Waals surface area contributed by atoms with Crippen LogP contribution >= 0.6 is 0 Å². The molecule has 0 radical (unpaired) electrons. The van der Waals surface area contributed by atoms with Crippen LogP contribution in [0, 0.1) is 0 Å². The first kappa shape index (κ1) is 12.4. The van der Waals surface area contributed by atoms with E-state index in [0.717, 1.165) is 0 Å². The Hall–Kier alpha value is -0.550. The highest BCUT2D eigenvalue weighted by atomic mass is 32.2. The lowest BCUT2D eigenvalue weighted by Crippen LogP contribution is -2.25. The van der Waals surface area contributed by atoms with Gasteiger partial charge in [-0.05, 0) is 32.8 Å². The molecular formula is C8H17NO3S. The van der Waals surface area contributed by atoms with E-state index in [1.54, 1.807) is 19.3 Å². The van der Waals surface area contributed by atoms with Crippen LogP contribution in [-0.2, 0) is 14.8 Å². The van der Waals surface area contributed by atoms with Gasteiger partial charge in [-0.3, -0.25) is 0 Å². The Morgan fingerprint density at radius 2 is 2.15 bits per heavy atom. The van der Waals surface area contributed by atoms with E-state index < -0.39 is 15.3 Å². The van der Waals surface area contributed by atoms with Crippen molar-refractivity contribution in [3.8, 4) is 0 Å². The molecule has 2 N–H and O–H groups in total. The van der Waals surface area contributed by atoms with Crippen LogP contribution in [0.15, 0.2) is 12.3 Å². The summed E-state index contributed by atoms with van der Waals surface area (Å²) in [5.41, 5.74) is 0. The van der Waals surface area contributed by atoms with Crippen LogP contribution in [-0.4, -0.2) is 20.3 Å². The van der Waals surface area contributed by atoms with E-state index in [-0.39, 0.29) is 0 Å². The molecule has 13 heavy (non-hydrogen) atoms. The van der Waals surface area contributed by atoms with Crippen LogP contribution in [0.1, 0.15) is 26.7 Å². The molecule has 0 amide bonds. The predicted octanol–water partition coefficient (Wildman–Crippen LogP) is 0.994. The Balaban J connectivity index is 3.66. The monoisotopic (exact) mass is 207 g/mol. The summed E-state index contributed by atoms with van der Waals surface area (Å²) in [4.78, 5) is 0. The van der Waals surface area contributed by atoms with Crippen LogP contribution in [0.3, 0.4) is 0 Å². The van der Waals surface area contributed by atoms with Crippen molar-refractivity contribution < 1.29 is 13.2 Å². The highest BCUT2D eigenvalue weighted by Gasteiger charge is 2.13. The van der Waals surface area contributed by atoms with Crippen LogP contribution in [0.25, 0.3) is 0 Å². The topological polar surface area (TPSA) is 69.4 Å². The maximum absolute atomic E-state index is 10.8. The van der Waals surface area contributed by atoms with Crippen molar-refractivity contribution in [2.75, 3.05) is 6.61 Å². The Morgan fingerprint density at radius 1 is 1.54 bits per heavy atom. The van der Waals surface area contributed by atoms with Gasteiger partial charge in [-0.2, -0.15) is 0 Å². The molecule has 0 aromatic carbocycles. The third-order valence-electron chi connectivity index (χ3n) is 1.66. The molecule has 0 saturated carbocycles. The van der Waals surface area contributed by atoms with Gasteiger partial charge in [0.1, 0.15) is 0 Å². The molecular weight excluding hydrogens is 190 g/mol. The Labute approximate surface area is 79.8 Å². The fourth-order valence-corrected chi connectivity index (χ4v) is 1.19. The van der Waals surface area contributed by atoms with E-state index in [0.29, 0.717) is 19.4 Å². The first-order chi connectivity index (χ1) is 5.98. The van der Waals surface area contributed by atoms with Crippen molar-refractivity contribution in [1.82, 2.24) is 0 Å². The summed E-state index contributed by atoms with van der Waals surface area (Å²) in [6.45, 7) is 4.11. The van der Waals surface area contributed by atoms with Gasteiger partial charge in [-0.15, -0.1) is 0 Å². The number of hydrogen-bond acceptors (Lipinski definition) is 3. The zero-order valence-electron chi connectivity index (χ0n) is 8.06. The van der Waals surface area contributed by atoms with Crippen molar-refractivity contribution in [3.63, 3.8) is 0 Å². The Bertz CT molecular complexity index is 246. The average molecular weight is 207 g/mol. The van der Waals surface area contributed by atoms with Gasteiger partial charge in [0.05, 0.1) is 18.1 Å². The Morgan fingerprint density at radius 3 is 2.62 bits per heavy atom. The van der Waals surface area contributed by atoms with Gasteiger partial charge in [-0.25, -0.2) is 13.6 Å². The summed E-state index contributed by atoms with van der Waals surface area (Å²) in [5, 5.41) is 4.45. The van der Waals surface area contributed by atoms with Gasteiger partial charge in [0.25, 0.3) is 0 Å². The quantitative estimate of drug-likeness (QED) is 0.660. The fraction of sp³-hybridized carbons (Fsp3) is 0.750. The largest absolute Gasteiger partial charge is 0.502 e. The first-order valence-corrected chi connectivity index (χ1v) is 5.87. The molecule has 0 rings (SSSR count). The number of nitrogens with two attached hydrogens (primary N) is 1. The lowest BCUT2D eigenvalue weighted by molar-refractivity contribution is 0.268. The SMILES string of the molecule is CCOC=CCC[C@H](C)S(N)(=O)=O. The molecule has 0 spiro atoms. The minimum Gasteiger partial charge on any atom is -0.502 e. The van der Waals surface area contributed by atoms with Crippen LogP contribution in [0.5, 0.6) is 0 Å². The molecule has 0 aromatic rings. The summed E-state index contributed by atoms with van der Waals surface area (Å²) in [6, 6.07) is 0. The highest BCUT2D eigenvalue weighted by molar-refractivity contribution is 7.89. The molecule has 0 aromatic heterocycles. The summed E-state index contributed by atoms with van der Waals surface area (Å²) in [5.74, 6) is 0. The van der Waals surface area contributed by atoms with Gasteiger partial charge >= 0.3 is 0 Å². The van der Waals surface area contributed by atoms with E-state index in [2.05, 4.69) is 0 Å². The number of sulfonamides is 1. The van der Waals surface area contributed by atoms with Gasteiger partial charge in [0.15, 0.2) is 0 Å². The lowest BCUT2D eigenvalue weighted by atomic mass is 10.2. The minimum absolute atomic E-state index is 0.487. The smallest absolute Gasteiger partial charge is 0.211 e. The summed E-state index contributed by atoms with van der Waals surface area (Å²) in [6.07, 6.45) is 4.57. The zero-order valence-corrected chi connectivity index (χ0v) is 8.88. The van der Waals surface area contributed by atoms with Gasteiger partial charge in [0.2, 0.25) is 10.0 Å². The van der Waals surface area contributed by atoms with E-state index in [9.17, 15) is 8.42 Å². The van der Waals surface area contributed by atoms with E-state index in [1.165, 1.54) is 0 Å². The third-order valence-corrected chi connectivity index (χ3v) is 3.02. The van der Waals surface area contributed by atoms with Crippen LogP contribution < -0.4 is 5.14 Å². The molecule has 5 heteroatoms. The molecule has 0 unspecified atom stereocenters. The van der Waals surface area contributed by atoms with Crippen LogP contribution in [0.2, 0.25) is 0 Å². The van der Waals surface area contributed by atoms with Crippen molar-refractivity contribution >= 4 is 10.0 Å². The molecule has 0 aliphatic rings. The summed E-state index contributed by atoms with van der Waals surface area (Å²) < 4.78 is 26.5. The van der Waals surface area contributed by atoms with E-state index in [4.69, 9.17) is 9.88 Å². The molecule has 0 aliphatic heterocycles. The normalized spacial score (nSPS) is 14.7. The first-order valence-electron chi connectivity index (χ1n) is 4.26. The minimum atomic E-state index is -3.37. The highest BCUT2D eigenvalue weighted by Crippen LogP contribution is 2.04. The summed E-state index contributed by atoms with van der Waals surface area (Å²) in [7, 11) is -3.37. The van der Waals surface area contributed by atoms with Gasteiger partial charge in [0, 0.05) is 0 Å². The predicted molar refractivity (Wildman–Crippen MR) is 52.6 cm³/mol. The van der Waals surface area contributed by atoms with Crippen molar-refractivity contribution in [2.24, 2.45) is 5.14 Å². The molecule has 0 aliphatic carbocycles. The maximum Gasteiger partial charge on any atom is 0.211 e. The number of rotatable bonds is 6. The molecule has 0 heterocycles. The molecule has 0 bridgehead atoms. The standard InChI is InChI=1S/C8H17NO3S/c1-3-12-7-5-4-6-8(2)13(9,10)11/h5,7-8H,3-4,6H2,1-2H3,(H2,9,10,11)/t8-/m0/s1. The molecule has 1 atom stereocenters. The van der Waals surface area contributed by atoms with Gasteiger partial charge in [-0.1, -0.05) is 0 Å². The fourth-order valence-electron chi connectivity index (χ4n) is 0.728. The van der Waals surface area contributed by atoms with Crippen molar-refractivity contribution in [2.45, 2.75) is 31.9 Å². The number of primary sulfonamides is 1. The van der Waals surface area contributed by atoms with E-state index in [1.807, 2.05) is 6.92 Å². The number of hydrogen-bond donors (Lipinski definition) is 1. The van der Waals surface area contributed by atoms with E-state index >= 15 is 0 Å². The lowest BCUT2D eigenvalue weighted by Gasteiger charge is -2.05. The molecule has 0 saturated heterocycles. The second-order valence-corrected chi connectivity index (χ2v) is 4.79.